The van der Waals surface area contributed by atoms with E-state index in [0.717, 1.165) is 5.56 Å². The van der Waals surface area contributed by atoms with E-state index in [1.54, 1.807) is 19.9 Å². The Morgan fingerprint density at radius 2 is 1.74 bits per heavy atom. The predicted octanol–water partition coefficient (Wildman–Crippen LogP) is 2.36. The number of amides is 1. The third-order valence-corrected chi connectivity index (χ3v) is 8.71. The van der Waals surface area contributed by atoms with Crippen LogP contribution in [0.1, 0.15) is 46.1 Å². The Morgan fingerprint density at radius 1 is 1.06 bits per heavy atom. The van der Waals surface area contributed by atoms with Crippen LogP contribution < -0.4 is 5.32 Å². The number of benzene rings is 1. The van der Waals surface area contributed by atoms with E-state index in [-0.39, 0.29) is 17.9 Å². The first-order chi connectivity index (χ1) is 15.9. The van der Waals surface area contributed by atoms with Crippen molar-refractivity contribution in [3.8, 4) is 0 Å². The van der Waals surface area contributed by atoms with Gasteiger partial charge >= 0.3 is 0 Å². The molecule has 4 rings (SSSR count). The maximum absolute atomic E-state index is 13.9. The lowest BCUT2D eigenvalue weighted by Crippen LogP contribution is -2.67. The molecule has 1 aromatic rings. The van der Waals surface area contributed by atoms with Crippen LogP contribution in [0.5, 0.6) is 0 Å². The summed E-state index contributed by atoms with van der Waals surface area (Å²) in [4.78, 5) is 13.9. The van der Waals surface area contributed by atoms with Gasteiger partial charge in [-0.05, 0) is 50.5 Å². The number of rotatable bonds is 2. The van der Waals surface area contributed by atoms with Gasteiger partial charge in [0.15, 0.2) is 0 Å². The summed E-state index contributed by atoms with van der Waals surface area (Å²) in [5.41, 5.74) is -2.92. The second-order valence-corrected chi connectivity index (χ2v) is 11.3. The molecule has 1 heterocycles. The molecule has 2 aliphatic carbocycles. The SMILES string of the molecule is C[C@H]1CC=C[C@H]2[C@H](O)[C@](C)(O)[C@@H](C)[C@H]3[C@H](Cc4ccccc4)NC(=O)[C@]32[C@H](O)C=C[C@](C)(O)C1. The number of aliphatic hydroxyl groups is 4. The monoisotopic (exact) mass is 469 g/mol. The Hall–Kier alpha value is -1.99. The van der Waals surface area contributed by atoms with Crippen molar-refractivity contribution >= 4 is 5.91 Å². The van der Waals surface area contributed by atoms with Crippen LogP contribution in [0.2, 0.25) is 0 Å². The lowest BCUT2D eigenvalue weighted by atomic mass is 9.49. The van der Waals surface area contributed by atoms with Crippen molar-refractivity contribution in [2.75, 3.05) is 0 Å². The van der Waals surface area contributed by atoms with Crippen LogP contribution in [0.4, 0.5) is 0 Å². The van der Waals surface area contributed by atoms with Crippen LogP contribution >= 0.6 is 0 Å². The van der Waals surface area contributed by atoms with Gasteiger partial charge in [0.25, 0.3) is 0 Å². The molecule has 1 spiro atoms. The first-order valence-electron chi connectivity index (χ1n) is 12.4. The van der Waals surface area contributed by atoms with Crippen molar-refractivity contribution in [3.63, 3.8) is 0 Å². The first-order valence-corrected chi connectivity index (χ1v) is 12.4. The molecule has 186 valence electrons. The average Bonchev–Trinajstić information content (AvgIpc) is 3.04. The second-order valence-electron chi connectivity index (χ2n) is 11.3. The van der Waals surface area contributed by atoms with Gasteiger partial charge in [0.05, 0.1) is 28.8 Å². The number of aliphatic hydroxyl groups excluding tert-OH is 2. The number of nitrogens with one attached hydrogen (secondary N) is 1. The Labute approximate surface area is 202 Å². The molecule has 1 aliphatic heterocycles. The summed E-state index contributed by atoms with van der Waals surface area (Å²) >= 11 is 0. The quantitative estimate of drug-likeness (QED) is 0.427. The van der Waals surface area contributed by atoms with Crippen LogP contribution in [0.3, 0.4) is 0 Å². The summed E-state index contributed by atoms with van der Waals surface area (Å²) in [6, 6.07) is 9.52. The molecule has 10 atom stereocenters. The highest BCUT2D eigenvalue weighted by Gasteiger charge is 2.71. The molecule has 2 fully saturated rings. The molecule has 1 saturated carbocycles. The minimum absolute atomic E-state index is 0.154. The molecule has 0 unspecified atom stereocenters. The number of carbonyl (C=O) groups excluding carboxylic acids is 1. The van der Waals surface area contributed by atoms with Crippen molar-refractivity contribution < 1.29 is 25.2 Å². The van der Waals surface area contributed by atoms with Crippen LogP contribution in [-0.4, -0.2) is 55.8 Å². The van der Waals surface area contributed by atoms with E-state index >= 15 is 0 Å². The molecule has 6 heteroatoms. The van der Waals surface area contributed by atoms with E-state index in [0.29, 0.717) is 19.3 Å². The minimum atomic E-state index is -1.45. The highest BCUT2D eigenvalue weighted by atomic mass is 16.3. The van der Waals surface area contributed by atoms with Gasteiger partial charge in [-0.1, -0.05) is 68.5 Å². The molecular weight excluding hydrogens is 430 g/mol. The minimum Gasteiger partial charge on any atom is -0.389 e. The van der Waals surface area contributed by atoms with E-state index in [1.165, 1.54) is 6.08 Å². The smallest absolute Gasteiger partial charge is 0.230 e. The summed E-state index contributed by atoms with van der Waals surface area (Å²) in [5, 5.41) is 48.6. The molecule has 3 aliphatic rings. The molecule has 0 aromatic heterocycles. The maximum atomic E-state index is 13.9. The Morgan fingerprint density at radius 3 is 2.41 bits per heavy atom. The molecule has 6 nitrogen and oxygen atoms in total. The molecule has 34 heavy (non-hydrogen) atoms. The number of hydrogen-bond donors (Lipinski definition) is 5. The standard InChI is InChI=1S/C28H39NO5/c1-17-9-8-12-20-24(31)27(4,34)18(2)23-21(15-19-10-6-5-7-11-19)29-25(32)28(20,23)22(30)13-14-26(3,33)16-17/h5-8,10-14,17-18,20-24,30-31,33-34H,9,15-16H2,1-4H3,(H,29,32)/t17-,18-,20-,21-,22+,23-,24-,26-,27+,28+/m0/s1. The Balaban J connectivity index is 1.88. The molecule has 0 radical (unpaired) electrons. The van der Waals surface area contributed by atoms with E-state index in [9.17, 15) is 25.2 Å². The fourth-order valence-corrected chi connectivity index (χ4v) is 6.87. The highest BCUT2D eigenvalue weighted by molar-refractivity contribution is 5.88. The van der Waals surface area contributed by atoms with Crippen LogP contribution in [0.15, 0.2) is 54.6 Å². The number of carbonyl (C=O) groups is 1. The second kappa shape index (κ2) is 8.90. The van der Waals surface area contributed by atoms with Gasteiger partial charge in [0.2, 0.25) is 5.91 Å². The zero-order chi connectivity index (χ0) is 24.9. The van der Waals surface area contributed by atoms with Gasteiger partial charge in [-0.3, -0.25) is 4.79 Å². The highest BCUT2D eigenvalue weighted by Crippen LogP contribution is 2.59. The predicted molar refractivity (Wildman–Crippen MR) is 131 cm³/mol. The molecule has 1 amide bonds. The molecule has 5 N–H and O–H groups in total. The third kappa shape index (κ3) is 4.05. The number of allylic oxidation sites excluding steroid dienone is 1. The largest absolute Gasteiger partial charge is 0.389 e. The van der Waals surface area contributed by atoms with Gasteiger partial charge in [-0.15, -0.1) is 0 Å². The van der Waals surface area contributed by atoms with E-state index in [1.807, 2.05) is 56.3 Å². The zero-order valence-electron chi connectivity index (χ0n) is 20.6. The molecule has 0 bridgehead atoms. The lowest BCUT2D eigenvalue weighted by Gasteiger charge is -2.56. The van der Waals surface area contributed by atoms with Crippen molar-refractivity contribution in [1.29, 1.82) is 0 Å². The maximum Gasteiger partial charge on any atom is 0.230 e. The summed E-state index contributed by atoms with van der Waals surface area (Å²) in [5.74, 6) is -1.89. The van der Waals surface area contributed by atoms with E-state index < -0.39 is 46.6 Å². The van der Waals surface area contributed by atoms with Gasteiger partial charge in [-0.25, -0.2) is 0 Å². The molecule has 1 saturated heterocycles. The van der Waals surface area contributed by atoms with E-state index in [4.69, 9.17) is 0 Å². The Bertz CT molecular complexity index is 955. The summed E-state index contributed by atoms with van der Waals surface area (Å²) < 4.78 is 0. The topological polar surface area (TPSA) is 110 Å². The fourth-order valence-electron chi connectivity index (χ4n) is 6.87. The van der Waals surface area contributed by atoms with Gasteiger partial charge in [0.1, 0.15) is 0 Å². The molecular formula is C28H39NO5. The summed E-state index contributed by atoms with van der Waals surface area (Å²) in [6.45, 7) is 7.22. The normalized spacial score (nSPS) is 46.8. The van der Waals surface area contributed by atoms with Gasteiger partial charge in [0, 0.05) is 17.9 Å². The van der Waals surface area contributed by atoms with Gasteiger partial charge < -0.3 is 25.7 Å². The van der Waals surface area contributed by atoms with E-state index in [2.05, 4.69) is 5.32 Å². The average molecular weight is 470 g/mol. The van der Waals surface area contributed by atoms with Crippen LogP contribution in [-0.2, 0) is 11.2 Å². The molecule has 1 aromatic carbocycles. The van der Waals surface area contributed by atoms with Crippen LogP contribution in [0, 0.1) is 29.1 Å². The zero-order valence-corrected chi connectivity index (χ0v) is 20.6. The van der Waals surface area contributed by atoms with Gasteiger partial charge in [-0.2, -0.15) is 0 Å². The first kappa shape index (κ1) is 25.1. The summed E-state index contributed by atoms with van der Waals surface area (Å²) in [7, 11) is 0. The van der Waals surface area contributed by atoms with Crippen molar-refractivity contribution in [2.45, 2.75) is 76.4 Å². The van der Waals surface area contributed by atoms with Crippen molar-refractivity contribution in [2.24, 2.45) is 29.1 Å². The van der Waals surface area contributed by atoms with Crippen LogP contribution in [0.25, 0.3) is 0 Å². The van der Waals surface area contributed by atoms with Crippen molar-refractivity contribution in [3.05, 3.63) is 60.2 Å². The number of hydrogen-bond acceptors (Lipinski definition) is 5. The summed E-state index contributed by atoms with van der Waals surface area (Å²) in [6.07, 6.45) is 6.07. The Kier molecular flexibility index (Phi) is 6.58. The lowest BCUT2D eigenvalue weighted by molar-refractivity contribution is -0.212. The fraction of sp³-hybridized carbons (Fsp3) is 0.607. The van der Waals surface area contributed by atoms with Crippen molar-refractivity contribution in [1.82, 2.24) is 5.32 Å². The third-order valence-electron chi connectivity index (χ3n) is 8.71.